The SMILES string of the molecule is COCC1CCCN1c1cc(C)nc(N2CCc3nc(-c4ncccn4)ncc3C2C)c1. The van der Waals surface area contributed by atoms with Gasteiger partial charge < -0.3 is 14.5 Å². The van der Waals surface area contributed by atoms with E-state index in [1.165, 1.54) is 18.5 Å². The van der Waals surface area contributed by atoms with Crippen molar-refractivity contribution in [3.8, 4) is 11.6 Å². The van der Waals surface area contributed by atoms with Gasteiger partial charge in [-0.1, -0.05) is 0 Å². The Bertz CT molecular complexity index is 1090. The smallest absolute Gasteiger partial charge is 0.197 e. The minimum absolute atomic E-state index is 0.139. The van der Waals surface area contributed by atoms with Crippen LogP contribution in [0.25, 0.3) is 11.6 Å². The van der Waals surface area contributed by atoms with E-state index in [4.69, 9.17) is 14.7 Å². The van der Waals surface area contributed by atoms with Crippen LogP contribution in [0.2, 0.25) is 0 Å². The Morgan fingerprint density at radius 2 is 1.88 bits per heavy atom. The molecule has 0 bridgehead atoms. The quantitative estimate of drug-likeness (QED) is 0.608. The summed E-state index contributed by atoms with van der Waals surface area (Å²) >= 11 is 0. The van der Waals surface area contributed by atoms with Crippen molar-refractivity contribution in [2.75, 3.05) is 36.6 Å². The molecule has 5 heterocycles. The molecule has 2 aliphatic heterocycles. The van der Waals surface area contributed by atoms with Crippen LogP contribution < -0.4 is 9.80 Å². The van der Waals surface area contributed by atoms with Crippen LogP contribution in [0.4, 0.5) is 11.5 Å². The predicted octanol–water partition coefficient (Wildman–Crippen LogP) is 3.38. The number of ether oxygens (including phenoxy) is 1. The monoisotopic (exact) mass is 431 g/mol. The van der Waals surface area contributed by atoms with Gasteiger partial charge in [-0.15, -0.1) is 0 Å². The summed E-state index contributed by atoms with van der Waals surface area (Å²) in [6.45, 7) is 6.96. The van der Waals surface area contributed by atoms with Crippen LogP contribution in [0.1, 0.15) is 42.8 Å². The predicted molar refractivity (Wildman–Crippen MR) is 124 cm³/mol. The first-order chi connectivity index (χ1) is 15.6. The van der Waals surface area contributed by atoms with Gasteiger partial charge in [0.25, 0.3) is 0 Å². The molecule has 2 atom stereocenters. The number of anilines is 2. The lowest BCUT2D eigenvalue weighted by molar-refractivity contribution is 0.181. The van der Waals surface area contributed by atoms with Crippen LogP contribution in [0.15, 0.2) is 36.8 Å². The average molecular weight is 432 g/mol. The van der Waals surface area contributed by atoms with Crippen molar-refractivity contribution in [2.45, 2.75) is 45.2 Å². The third-order valence-electron chi connectivity index (χ3n) is 6.46. The number of fused-ring (bicyclic) bond motifs is 1. The van der Waals surface area contributed by atoms with Crippen molar-refractivity contribution in [3.63, 3.8) is 0 Å². The molecule has 2 aliphatic rings. The Morgan fingerprint density at radius 1 is 1.03 bits per heavy atom. The van der Waals surface area contributed by atoms with Crippen molar-refractivity contribution in [3.05, 3.63) is 53.7 Å². The van der Waals surface area contributed by atoms with Gasteiger partial charge in [0.1, 0.15) is 5.82 Å². The molecular formula is C24H29N7O. The van der Waals surface area contributed by atoms with Gasteiger partial charge in [0.2, 0.25) is 0 Å². The molecule has 0 radical (unpaired) electrons. The van der Waals surface area contributed by atoms with E-state index in [1.54, 1.807) is 25.6 Å². The molecule has 8 nitrogen and oxygen atoms in total. The summed E-state index contributed by atoms with van der Waals surface area (Å²) in [5.41, 5.74) is 4.47. The topological polar surface area (TPSA) is 80.2 Å². The van der Waals surface area contributed by atoms with E-state index < -0.39 is 0 Å². The fourth-order valence-corrected chi connectivity index (χ4v) is 4.89. The Labute approximate surface area is 188 Å². The molecule has 1 fully saturated rings. The number of methoxy groups -OCH3 is 1. The van der Waals surface area contributed by atoms with Crippen molar-refractivity contribution < 1.29 is 4.74 Å². The molecule has 0 spiro atoms. The Balaban J connectivity index is 1.43. The zero-order valence-corrected chi connectivity index (χ0v) is 18.9. The second-order valence-electron chi connectivity index (χ2n) is 8.56. The summed E-state index contributed by atoms with van der Waals surface area (Å²) in [6, 6.07) is 6.79. The molecule has 0 N–H and O–H groups in total. The highest BCUT2D eigenvalue weighted by molar-refractivity contribution is 5.59. The number of hydrogen-bond donors (Lipinski definition) is 0. The molecule has 1 saturated heterocycles. The van der Waals surface area contributed by atoms with E-state index >= 15 is 0 Å². The van der Waals surface area contributed by atoms with Gasteiger partial charge >= 0.3 is 0 Å². The van der Waals surface area contributed by atoms with E-state index in [0.717, 1.165) is 48.9 Å². The number of aromatic nitrogens is 5. The number of hydrogen-bond acceptors (Lipinski definition) is 8. The van der Waals surface area contributed by atoms with Gasteiger partial charge in [0.15, 0.2) is 11.6 Å². The lowest BCUT2D eigenvalue weighted by atomic mass is 9.99. The van der Waals surface area contributed by atoms with Crippen LogP contribution in [0, 0.1) is 6.92 Å². The lowest BCUT2D eigenvalue weighted by Gasteiger charge is -2.36. The fourth-order valence-electron chi connectivity index (χ4n) is 4.89. The minimum atomic E-state index is 0.139. The normalized spacial score (nSPS) is 20.5. The Kier molecular flexibility index (Phi) is 5.70. The molecule has 32 heavy (non-hydrogen) atoms. The zero-order valence-electron chi connectivity index (χ0n) is 18.9. The molecule has 3 aromatic heterocycles. The third-order valence-corrected chi connectivity index (χ3v) is 6.46. The molecular weight excluding hydrogens is 402 g/mol. The number of rotatable bonds is 5. The first-order valence-corrected chi connectivity index (χ1v) is 11.3. The average Bonchev–Trinajstić information content (AvgIpc) is 3.28. The molecule has 0 aromatic carbocycles. The number of nitrogens with zero attached hydrogens (tertiary/aromatic N) is 7. The van der Waals surface area contributed by atoms with E-state index in [-0.39, 0.29) is 6.04 Å². The molecule has 2 unspecified atom stereocenters. The van der Waals surface area contributed by atoms with E-state index in [9.17, 15) is 0 Å². The third kappa shape index (κ3) is 3.90. The van der Waals surface area contributed by atoms with Crippen LogP contribution in [0.5, 0.6) is 0 Å². The highest BCUT2D eigenvalue weighted by Gasteiger charge is 2.29. The minimum Gasteiger partial charge on any atom is -0.383 e. The van der Waals surface area contributed by atoms with Gasteiger partial charge in [-0.05, 0) is 38.8 Å². The first kappa shape index (κ1) is 20.8. The van der Waals surface area contributed by atoms with E-state index in [0.29, 0.717) is 17.7 Å². The summed E-state index contributed by atoms with van der Waals surface area (Å²) in [5, 5.41) is 0. The van der Waals surface area contributed by atoms with Crippen LogP contribution in [0.3, 0.4) is 0 Å². The lowest BCUT2D eigenvalue weighted by Crippen LogP contribution is -2.36. The second-order valence-corrected chi connectivity index (χ2v) is 8.56. The highest BCUT2D eigenvalue weighted by Crippen LogP contribution is 2.35. The van der Waals surface area contributed by atoms with Crippen molar-refractivity contribution in [2.24, 2.45) is 0 Å². The standard InChI is InChI=1S/C24H29N7O/c1-16-12-19(31-10-4-6-18(31)15-32-3)13-22(28-16)30-11-7-21-20(17(30)2)14-27-24(29-21)23-25-8-5-9-26-23/h5,8-9,12-14,17-18H,4,6-7,10-11,15H2,1-3H3. The van der Waals surface area contributed by atoms with Gasteiger partial charge in [0.05, 0.1) is 24.4 Å². The number of aryl methyl sites for hydroxylation is 1. The maximum atomic E-state index is 5.46. The summed E-state index contributed by atoms with van der Waals surface area (Å²) in [4.78, 5) is 27.7. The van der Waals surface area contributed by atoms with Crippen molar-refractivity contribution >= 4 is 11.5 Å². The maximum Gasteiger partial charge on any atom is 0.197 e. The molecule has 166 valence electrons. The van der Waals surface area contributed by atoms with Crippen LogP contribution >= 0.6 is 0 Å². The molecule has 0 aliphatic carbocycles. The second kappa shape index (κ2) is 8.78. The van der Waals surface area contributed by atoms with Crippen molar-refractivity contribution in [1.82, 2.24) is 24.9 Å². The van der Waals surface area contributed by atoms with Crippen LogP contribution in [-0.4, -0.2) is 57.8 Å². The van der Waals surface area contributed by atoms with Gasteiger partial charge in [0, 0.05) is 68.2 Å². The van der Waals surface area contributed by atoms with Crippen molar-refractivity contribution in [1.29, 1.82) is 0 Å². The number of pyridine rings is 1. The van der Waals surface area contributed by atoms with E-state index in [1.807, 2.05) is 6.20 Å². The summed E-state index contributed by atoms with van der Waals surface area (Å²) < 4.78 is 5.46. The molecule has 8 heteroatoms. The molecule has 0 saturated carbocycles. The highest BCUT2D eigenvalue weighted by atomic mass is 16.5. The van der Waals surface area contributed by atoms with Gasteiger partial charge in [-0.3, -0.25) is 0 Å². The summed E-state index contributed by atoms with van der Waals surface area (Å²) in [5.74, 6) is 2.16. The van der Waals surface area contributed by atoms with Gasteiger partial charge in [-0.2, -0.15) is 0 Å². The summed E-state index contributed by atoms with van der Waals surface area (Å²) in [6.07, 6.45) is 8.56. The van der Waals surface area contributed by atoms with E-state index in [2.05, 4.69) is 50.7 Å². The Morgan fingerprint density at radius 3 is 2.69 bits per heavy atom. The summed E-state index contributed by atoms with van der Waals surface area (Å²) in [7, 11) is 1.78. The van der Waals surface area contributed by atoms with Gasteiger partial charge in [-0.25, -0.2) is 24.9 Å². The maximum absolute atomic E-state index is 5.46. The Hall–Kier alpha value is -3.13. The largest absolute Gasteiger partial charge is 0.383 e. The molecule has 0 amide bonds. The molecule has 3 aromatic rings. The van der Waals surface area contributed by atoms with Crippen LogP contribution in [-0.2, 0) is 11.2 Å². The zero-order chi connectivity index (χ0) is 22.1. The fraction of sp³-hybridized carbons (Fsp3) is 0.458. The first-order valence-electron chi connectivity index (χ1n) is 11.3. The molecule has 5 rings (SSSR count).